The van der Waals surface area contributed by atoms with Crippen molar-refractivity contribution < 1.29 is 0 Å². The maximum atomic E-state index is 6.05. The van der Waals surface area contributed by atoms with Crippen LogP contribution in [-0.2, 0) is 6.42 Å². The Morgan fingerprint density at radius 1 is 1.33 bits per heavy atom. The molecule has 18 heavy (non-hydrogen) atoms. The lowest BCUT2D eigenvalue weighted by Crippen LogP contribution is -2.56. The zero-order valence-electron chi connectivity index (χ0n) is 11.3. The number of hydrogen-bond acceptors (Lipinski definition) is 3. The van der Waals surface area contributed by atoms with Gasteiger partial charge in [-0.05, 0) is 37.6 Å². The summed E-state index contributed by atoms with van der Waals surface area (Å²) < 4.78 is 0. The molecule has 1 aromatic rings. The van der Waals surface area contributed by atoms with Gasteiger partial charge in [-0.25, -0.2) is 0 Å². The zero-order chi connectivity index (χ0) is 12.8. The lowest BCUT2D eigenvalue weighted by atomic mass is 9.93. The molecule has 1 aliphatic heterocycles. The molecular weight excluding hydrogens is 240 g/mol. The van der Waals surface area contributed by atoms with Gasteiger partial charge in [0.25, 0.3) is 0 Å². The Labute approximate surface area is 115 Å². The molecule has 3 heteroatoms. The lowest BCUT2D eigenvalue weighted by molar-refractivity contribution is 0.136. The largest absolute Gasteiger partial charge is 0.329 e. The molecule has 0 saturated carbocycles. The smallest absolute Gasteiger partial charge is 0.0419 e. The van der Waals surface area contributed by atoms with Crippen molar-refractivity contribution in [2.24, 2.45) is 5.73 Å². The van der Waals surface area contributed by atoms with E-state index in [-0.39, 0.29) is 5.54 Å². The Balaban J connectivity index is 1.91. The highest BCUT2D eigenvalue weighted by molar-refractivity contribution is 7.99. The van der Waals surface area contributed by atoms with Gasteiger partial charge in [0.05, 0.1) is 0 Å². The molecule has 1 unspecified atom stereocenters. The number of nitrogens with zero attached hydrogens (tertiary/aromatic N) is 1. The first-order chi connectivity index (χ1) is 8.77. The predicted molar refractivity (Wildman–Crippen MR) is 81.1 cm³/mol. The second kappa shape index (κ2) is 6.60. The molecular formula is C15H24N2S. The van der Waals surface area contributed by atoms with Crippen LogP contribution in [0.5, 0.6) is 0 Å². The third-order valence-corrected chi connectivity index (χ3v) is 5.39. The molecule has 0 amide bonds. The molecule has 1 aromatic carbocycles. The highest BCUT2D eigenvalue weighted by Crippen LogP contribution is 2.30. The summed E-state index contributed by atoms with van der Waals surface area (Å²) in [5.41, 5.74) is 7.70. The highest BCUT2D eigenvalue weighted by Gasteiger charge is 2.34. The first kappa shape index (κ1) is 13.9. The van der Waals surface area contributed by atoms with Crippen molar-refractivity contribution in [2.75, 3.05) is 31.6 Å². The number of benzene rings is 1. The summed E-state index contributed by atoms with van der Waals surface area (Å²) in [6, 6.07) is 10.7. The molecule has 100 valence electrons. The molecule has 2 nitrogen and oxygen atoms in total. The standard InChI is InChI=1S/C15H24N2S/c1-17(10-8-14-6-3-2-4-7-14)15(12-16)9-5-11-18-13-15/h2-4,6-7H,5,8-13,16H2,1H3. The van der Waals surface area contributed by atoms with Crippen molar-refractivity contribution in [1.82, 2.24) is 4.90 Å². The van der Waals surface area contributed by atoms with Crippen LogP contribution in [0.3, 0.4) is 0 Å². The Morgan fingerprint density at radius 2 is 2.11 bits per heavy atom. The summed E-state index contributed by atoms with van der Waals surface area (Å²) >= 11 is 2.05. The van der Waals surface area contributed by atoms with Crippen LogP contribution < -0.4 is 5.73 Å². The van der Waals surface area contributed by atoms with E-state index in [2.05, 4.69) is 54.0 Å². The lowest BCUT2D eigenvalue weighted by Gasteiger charge is -2.43. The number of rotatable bonds is 5. The van der Waals surface area contributed by atoms with E-state index in [0.717, 1.165) is 19.5 Å². The van der Waals surface area contributed by atoms with Crippen molar-refractivity contribution in [2.45, 2.75) is 24.8 Å². The third-order valence-electron chi connectivity index (χ3n) is 4.07. The van der Waals surface area contributed by atoms with E-state index in [0.29, 0.717) is 0 Å². The Morgan fingerprint density at radius 3 is 2.72 bits per heavy atom. The fraction of sp³-hybridized carbons (Fsp3) is 0.600. The summed E-state index contributed by atoms with van der Waals surface area (Å²) in [5.74, 6) is 2.49. The van der Waals surface area contributed by atoms with Crippen LogP contribution in [0.1, 0.15) is 18.4 Å². The van der Waals surface area contributed by atoms with Crippen molar-refractivity contribution in [3.05, 3.63) is 35.9 Å². The zero-order valence-corrected chi connectivity index (χ0v) is 12.1. The highest BCUT2D eigenvalue weighted by atomic mass is 32.2. The Bertz CT molecular complexity index is 347. The van der Waals surface area contributed by atoms with Gasteiger partial charge in [-0.2, -0.15) is 11.8 Å². The SMILES string of the molecule is CN(CCc1ccccc1)C1(CN)CCCSC1. The van der Waals surface area contributed by atoms with E-state index in [1.54, 1.807) is 0 Å². The predicted octanol–water partition coefficient (Wildman–Crippen LogP) is 2.39. The molecule has 0 aromatic heterocycles. The van der Waals surface area contributed by atoms with Crippen LogP contribution in [-0.4, -0.2) is 42.1 Å². The average Bonchev–Trinajstić information content (AvgIpc) is 2.46. The minimum absolute atomic E-state index is 0.234. The van der Waals surface area contributed by atoms with Crippen molar-refractivity contribution in [3.8, 4) is 0 Å². The number of nitrogens with two attached hydrogens (primary N) is 1. The normalized spacial score (nSPS) is 24.4. The van der Waals surface area contributed by atoms with Crippen LogP contribution in [0.25, 0.3) is 0 Å². The number of hydrogen-bond donors (Lipinski definition) is 1. The van der Waals surface area contributed by atoms with Gasteiger partial charge in [0.2, 0.25) is 0 Å². The van der Waals surface area contributed by atoms with Crippen molar-refractivity contribution >= 4 is 11.8 Å². The van der Waals surface area contributed by atoms with Crippen molar-refractivity contribution in [1.29, 1.82) is 0 Å². The second-order valence-corrected chi connectivity index (χ2v) is 6.35. The summed E-state index contributed by atoms with van der Waals surface area (Å²) in [4.78, 5) is 2.49. The first-order valence-electron chi connectivity index (χ1n) is 6.80. The Kier molecular flexibility index (Phi) is 5.10. The molecule has 0 radical (unpaired) electrons. The van der Waals surface area contributed by atoms with Gasteiger partial charge < -0.3 is 5.73 Å². The molecule has 1 heterocycles. The maximum Gasteiger partial charge on any atom is 0.0419 e. The summed E-state index contributed by atoms with van der Waals surface area (Å²) in [6.45, 7) is 1.88. The van der Waals surface area contributed by atoms with E-state index in [4.69, 9.17) is 5.73 Å². The minimum atomic E-state index is 0.234. The number of likely N-dealkylation sites (N-methyl/N-ethyl adjacent to an activating group) is 1. The molecule has 1 saturated heterocycles. The van der Waals surface area contributed by atoms with Crippen LogP contribution in [0.4, 0.5) is 0 Å². The van der Waals surface area contributed by atoms with Gasteiger partial charge in [0, 0.05) is 24.4 Å². The fourth-order valence-electron chi connectivity index (χ4n) is 2.63. The molecule has 2 N–H and O–H groups in total. The van der Waals surface area contributed by atoms with Gasteiger partial charge in [-0.1, -0.05) is 30.3 Å². The van der Waals surface area contributed by atoms with Gasteiger partial charge in [0.15, 0.2) is 0 Å². The van der Waals surface area contributed by atoms with Crippen LogP contribution in [0, 0.1) is 0 Å². The van der Waals surface area contributed by atoms with Gasteiger partial charge in [-0.15, -0.1) is 0 Å². The molecule has 1 atom stereocenters. The summed E-state index contributed by atoms with van der Waals surface area (Å²) in [6.07, 6.45) is 3.67. The maximum absolute atomic E-state index is 6.05. The van der Waals surface area contributed by atoms with E-state index in [1.807, 2.05) is 0 Å². The Hall–Kier alpha value is -0.510. The fourth-order valence-corrected chi connectivity index (χ4v) is 3.99. The minimum Gasteiger partial charge on any atom is -0.329 e. The van der Waals surface area contributed by atoms with E-state index < -0.39 is 0 Å². The van der Waals surface area contributed by atoms with Gasteiger partial charge in [0.1, 0.15) is 0 Å². The van der Waals surface area contributed by atoms with E-state index in [9.17, 15) is 0 Å². The van der Waals surface area contributed by atoms with Gasteiger partial charge >= 0.3 is 0 Å². The monoisotopic (exact) mass is 264 g/mol. The first-order valence-corrected chi connectivity index (χ1v) is 7.95. The molecule has 0 spiro atoms. The average molecular weight is 264 g/mol. The van der Waals surface area contributed by atoms with E-state index in [1.165, 1.54) is 29.9 Å². The van der Waals surface area contributed by atoms with Crippen LogP contribution in [0.15, 0.2) is 30.3 Å². The molecule has 0 aliphatic carbocycles. The third kappa shape index (κ3) is 3.28. The van der Waals surface area contributed by atoms with Gasteiger partial charge in [-0.3, -0.25) is 4.90 Å². The van der Waals surface area contributed by atoms with Crippen LogP contribution in [0.2, 0.25) is 0 Å². The molecule has 1 fully saturated rings. The summed E-state index contributed by atoms with van der Waals surface area (Å²) in [5, 5.41) is 0. The van der Waals surface area contributed by atoms with Crippen LogP contribution >= 0.6 is 11.8 Å². The molecule has 0 bridgehead atoms. The summed E-state index contributed by atoms with van der Waals surface area (Å²) in [7, 11) is 2.24. The molecule has 1 aliphatic rings. The van der Waals surface area contributed by atoms with Crippen molar-refractivity contribution in [3.63, 3.8) is 0 Å². The van der Waals surface area contributed by atoms with E-state index >= 15 is 0 Å². The quantitative estimate of drug-likeness (QED) is 0.885. The number of thioether (sulfide) groups is 1. The topological polar surface area (TPSA) is 29.3 Å². The second-order valence-electron chi connectivity index (χ2n) is 5.24. The molecule has 2 rings (SSSR count).